The smallest absolute Gasteiger partial charge is 0.268 e. The van der Waals surface area contributed by atoms with Crippen LogP contribution in [0.2, 0.25) is 0 Å². The molecule has 1 aromatic rings. The minimum Gasteiger partial charge on any atom is -0.302 e. The minimum atomic E-state index is 0.00463. The fourth-order valence-corrected chi connectivity index (χ4v) is 1.88. The fraction of sp³-hybridized carbons (Fsp3) is 0.500. The molecule has 0 bridgehead atoms. The summed E-state index contributed by atoms with van der Waals surface area (Å²) in [6.45, 7) is 1.85. The molecule has 0 spiro atoms. The first-order valence-corrected chi connectivity index (χ1v) is 5.17. The largest absolute Gasteiger partial charge is 0.302 e. The van der Waals surface area contributed by atoms with Gasteiger partial charge in [0.1, 0.15) is 0 Å². The van der Waals surface area contributed by atoms with Crippen LogP contribution in [0.5, 0.6) is 0 Å². The van der Waals surface area contributed by atoms with E-state index in [1.807, 2.05) is 7.05 Å². The number of likely N-dealkylation sites (N-methyl/N-ethyl adjacent to an activating group) is 1. The Kier molecular flexibility index (Phi) is 2.37. The van der Waals surface area contributed by atoms with E-state index in [1.165, 1.54) is 0 Å². The van der Waals surface area contributed by atoms with Crippen molar-refractivity contribution in [2.24, 2.45) is 0 Å². The molecule has 0 aromatic carbocycles. The second-order valence-corrected chi connectivity index (χ2v) is 4.58. The topological polar surface area (TPSA) is 38.1 Å². The lowest BCUT2D eigenvalue weighted by atomic mass is 10.1. The van der Waals surface area contributed by atoms with Gasteiger partial charge in [-0.2, -0.15) is 5.10 Å². The molecule has 13 heavy (non-hydrogen) atoms. The van der Waals surface area contributed by atoms with Crippen LogP contribution in [0.3, 0.4) is 0 Å². The molecule has 1 aliphatic heterocycles. The normalized spacial score (nSPS) is 18.6. The summed E-state index contributed by atoms with van der Waals surface area (Å²) >= 11 is 2.09. The molecule has 0 amide bonds. The predicted octanol–water partition coefficient (Wildman–Crippen LogP) is 0.334. The van der Waals surface area contributed by atoms with E-state index in [2.05, 4.69) is 32.6 Å². The maximum absolute atomic E-state index is 11.5. The van der Waals surface area contributed by atoms with Crippen LogP contribution in [-0.2, 0) is 0 Å². The summed E-state index contributed by atoms with van der Waals surface area (Å²) in [5.41, 5.74) is 0.00463. The van der Waals surface area contributed by atoms with Crippen LogP contribution in [-0.4, -0.2) is 34.8 Å². The summed E-state index contributed by atoms with van der Waals surface area (Å²) in [7, 11) is 2.04. The maximum Gasteiger partial charge on any atom is 0.268 e. The van der Waals surface area contributed by atoms with Crippen molar-refractivity contribution in [1.82, 2.24) is 14.7 Å². The molecular weight excluding hydrogens is 281 g/mol. The highest BCUT2D eigenvalue weighted by Crippen LogP contribution is 2.15. The molecule has 2 heterocycles. The zero-order chi connectivity index (χ0) is 9.42. The summed E-state index contributed by atoms with van der Waals surface area (Å²) in [4.78, 5) is 13.6. The van der Waals surface area contributed by atoms with Crippen molar-refractivity contribution >= 4 is 22.6 Å². The van der Waals surface area contributed by atoms with Crippen LogP contribution >= 0.6 is 22.6 Å². The third-order valence-corrected chi connectivity index (χ3v) is 2.77. The lowest BCUT2D eigenvalue weighted by molar-refractivity contribution is 0.126. The molecule has 70 valence electrons. The SMILES string of the molecule is CN1CC(n2ncc(I)cc2=O)C1. The Labute approximate surface area is 89.7 Å². The molecule has 0 N–H and O–H groups in total. The molecule has 1 aliphatic rings. The molecule has 4 nitrogen and oxygen atoms in total. The van der Waals surface area contributed by atoms with Gasteiger partial charge < -0.3 is 4.90 Å². The number of likely N-dealkylation sites (tertiary alicyclic amines) is 1. The lowest BCUT2D eigenvalue weighted by Crippen LogP contribution is -2.48. The van der Waals surface area contributed by atoms with Gasteiger partial charge >= 0.3 is 0 Å². The van der Waals surface area contributed by atoms with Crippen molar-refractivity contribution in [1.29, 1.82) is 0 Å². The highest BCUT2D eigenvalue weighted by molar-refractivity contribution is 14.1. The van der Waals surface area contributed by atoms with Crippen LogP contribution in [0.1, 0.15) is 6.04 Å². The van der Waals surface area contributed by atoms with Crippen LogP contribution in [0.4, 0.5) is 0 Å². The molecule has 1 saturated heterocycles. The predicted molar refractivity (Wildman–Crippen MR) is 57.7 cm³/mol. The number of nitrogens with zero attached hydrogens (tertiary/aromatic N) is 3. The second kappa shape index (κ2) is 3.38. The van der Waals surface area contributed by atoms with Crippen molar-refractivity contribution in [3.63, 3.8) is 0 Å². The molecule has 0 radical (unpaired) electrons. The van der Waals surface area contributed by atoms with Gasteiger partial charge in [-0.3, -0.25) is 4.79 Å². The first kappa shape index (κ1) is 9.14. The van der Waals surface area contributed by atoms with Crippen LogP contribution < -0.4 is 5.56 Å². The Morgan fingerprint density at radius 1 is 1.62 bits per heavy atom. The van der Waals surface area contributed by atoms with Crippen molar-refractivity contribution < 1.29 is 0 Å². The van der Waals surface area contributed by atoms with Gasteiger partial charge in [0.25, 0.3) is 5.56 Å². The average Bonchev–Trinajstić information content (AvgIpc) is 2.00. The minimum absolute atomic E-state index is 0.00463. The van der Waals surface area contributed by atoms with Gasteiger partial charge in [-0.1, -0.05) is 0 Å². The number of hydrogen-bond acceptors (Lipinski definition) is 3. The van der Waals surface area contributed by atoms with Gasteiger partial charge in [-0.05, 0) is 29.6 Å². The Bertz CT molecular complexity index is 370. The van der Waals surface area contributed by atoms with Gasteiger partial charge in [0.2, 0.25) is 0 Å². The number of rotatable bonds is 1. The second-order valence-electron chi connectivity index (χ2n) is 3.33. The van der Waals surface area contributed by atoms with E-state index in [0.29, 0.717) is 0 Å². The number of hydrogen-bond donors (Lipinski definition) is 0. The molecule has 0 saturated carbocycles. The van der Waals surface area contributed by atoms with Gasteiger partial charge in [0.15, 0.2) is 0 Å². The summed E-state index contributed by atoms with van der Waals surface area (Å²) < 4.78 is 2.47. The first-order chi connectivity index (χ1) is 6.16. The molecule has 5 heteroatoms. The van der Waals surface area contributed by atoms with Crippen LogP contribution in [0.15, 0.2) is 17.1 Å². The Morgan fingerprint density at radius 2 is 2.31 bits per heavy atom. The molecule has 0 aliphatic carbocycles. The van der Waals surface area contributed by atoms with Crippen molar-refractivity contribution in [2.45, 2.75) is 6.04 Å². The summed E-state index contributed by atoms with van der Waals surface area (Å²) in [5, 5.41) is 4.10. The highest BCUT2D eigenvalue weighted by atomic mass is 127. The van der Waals surface area contributed by atoms with Gasteiger partial charge in [-0.25, -0.2) is 4.68 Å². The van der Waals surface area contributed by atoms with Crippen molar-refractivity contribution in [3.8, 4) is 0 Å². The highest BCUT2D eigenvalue weighted by Gasteiger charge is 2.26. The zero-order valence-corrected chi connectivity index (χ0v) is 9.43. The van der Waals surface area contributed by atoms with E-state index < -0.39 is 0 Å². The Hall–Kier alpha value is -0.430. The van der Waals surface area contributed by atoms with Gasteiger partial charge in [-0.15, -0.1) is 0 Å². The van der Waals surface area contributed by atoms with Crippen LogP contribution in [0.25, 0.3) is 0 Å². The van der Waals surface area contributed by atoms with E-state index >= 15 is 0 Å². The fourth-order valence-electron chi connectivity index (χ4n) is 1.49. The first-order valence-electron chi connectivity index (χ1n) is 4.10. The number of aromatic nitrogens is 2. The molecule has 0 unspecified atom stereocenters. The van der Waals surface area contributed by atoms with Gasteiger partial charge in [0, 0.05) is 22.7 Å². The van der Waals surface area contributed by atoms with Crippen molar-refractivity contribution in [3.05, 3.63) is 26.2 Å². The molecule has 1 aromatic heterocycles. The molecular formula is C8H10IN3O. The van der Waals surface area contributed by atoms with Crippen molar-refractivity contribution in [2.75, 3.05) is 20.1 Å². The summed E-state index contributed by atoms with van der Waals surface area (Å²) in [6.07, 6.45) is 1.72. The zero-order valence-electron chi connectivity index (χ0n) is 7.27. The molecule has 1 fully saturated rings. The monoisotopic (exact) mass is 291 g/mol. The molecule has 2 rings (SSSR count). The summed E-state index contributed by atoms with van der Waals surface area (Å²) in [6, 6.07) is 1.89. The quantitative estimate of drug-likeness (QED) is 0.700. The number of halogens is 1. The van der Waals surface area contributed by atoms with E-state index in [0.717, 1.165) is 16.7 Å². The van der Waals surface area contributed by atoms with E-state index in [4.69, 9.17) is 0 Å². The van der Waals surface area contributed by atoms with Gasteiger partial charge in [0.05, 0.1) is 12.2 Å². The van der Waals surface area contributed by atoms with E-state index in [9.17, 15) is 4.79 Å². The lowest BCUT2D eigenvalue weighted by Gasteiger charge is -2.36. The average molecular weight is 291 g/mol. The summed E-state index contributed by atoms with van der Waals surface area (Å²) in [5.74, 6) is 0. The van der Waals surface area contributed by atoms with Crippen LogP contribution in [0, 0.1) is 3.57 Å². The third kappa shape index (κ3) is 1.76. The standard InChI is InChI=1S/C8H10IN3O/c1-11-4-7(5-11)12-8(13)2-6(9)3-10-12/h2-3,7H,4-5H2,1H3. The maximum atomic E-state index is 11.5. The third-order valence-electron chi connectivity index (χ3n) is 2.18. The Morgan fingerprint density at radius 3 is 2.85 bits per heavy atom. The molecule has 0 atom stereocenters. The van der Waals surface area contributed by atoms with E-state index in [-0.39, 0.29) is 11.6 Å². The van der Waals surface area contributed by atoms with E-state index in [1.54, 1.807) is 16.9 Å². The Balaban J connectivity index is 2.27.